The number of nitrogens with zero attached hydrogens (tertiary/aromatic N) is 4. The van der Waals surface area contributed by atoms with Gasteiger partial charge < -0.3 is 5.32 Å². The average Bonchev–Trinajstić information content (AvgIpc) is 2.92. The lowest BCUT2D eigenvalue weighted by molar-refractivity contribution is -0.136. The van der Waals surface area contributed by atoms with Gasteiger partial charge in [0.15, 0.2) is 0 Å². The van der Waals surface area contributed by atoms with Crippen LogP contribution in [-0.2, 0) is 16.6 Å². The molecule has 0 spiro atoms. The van der Waals surface area contributed by atoms with Crippen LogP contribution in [0.5, 0.6) is 0 Å². The minimum Gasteiger partial charge on any atom is -0.311 e. The van der Waals surface area contributed by atoms with Crippen LogP contribution in [-0.4, -0.2) is 32.4 Å². The Morgan fingerprint density at radius 3 is 2.54 bits per heavy atom. The largest absolute Gasteiger partial charge is 0.329 e. The number of hydrogen-bond donors (Lipinski definition) is 2. The molecule has 0 saturated carbocycles. The molecule has 2 heterocycles. The third kappa shape index (κ3) is 3.88. The normalized spacial score (nSPS) is 10.8. The first-order valence-electron chi connectivity index (χ1n) is 8.37. The minimum atomic E-state index is -0.992. The fourth-order valence-electron chi connectivity index (χ4n) is 2.55. The maximum atomic E-state index is 12.7. The molecule has 2 amide bonds. The maximum Gasteiger partial charge on any atom is 0.329 e. The van der Waals surface area contributed by atoms with Gasteiger partial charge in [-0.1, -0.05) is 24.3 Å². The number of benzene rings is 1. The van der Waals surface area contributed by atoms with Crippen molar-refractivity contribution in [3.8, 4) is 5.69 Å². The van der Waals surface area contributed by atoms with Crippen molar-refractivity contribution < 1.29 is 9.59 Å². The monoisotopic (exact) mass is 378 g/mol. The van der Waals surface area contributed by atoms with Crippen molar-refractivity contribution >= 4 is 23.7 Å². The van der Waals surface area contributed by atoms with Crippen molar-refractivity contribution in [2.75, 3.05) is 5.32 Å². The third-order valence-electron chi connectivity index (χ3n) is 4.06. The predicted octanol–water partition coefficient (Wildman–Crippen LogP) is 0.968. The Morgan fingerprint density at radius 1 is 1.11 bits per heavy atom. The van der Waals surface area contributed by atoms with Crippen molar-refractivity contribution in [1.82, 2.24) is 19.8 Å². The van der Waals surface area contributed by atoms with Crippen LogP contribution < -0.4 is 16.3 Å². The Balaban J connectivity index is 1.75. The number of hydrogen-bond acceptors (Lipinski definition) is 5. The molecule has 0 unspecified atom stereocenters. The number of aromatic nitrogens is 3. The van der Waals surface area contributed by atoms with Crippen LogP contribution >= 0.6 is 0 Å². The second-order valence-corrected chi connectivity index (χ2v) is 5.88. The van der Waals surface area contributed by atoms with E-state index in [1.165, 1.54) is 10.9 Å². The number of pyridine rings is 1. The number of anilines is 1. The van der Waals surface area contributed by atoms with Gasteiger partial charge in [-0.2, -0.15) is 5.10 Å². The zero-order chi connectivity index (χ0) is 20.1. The summed E-state index contributed by atoms with van der Waals surface area (Å²) in [5, 5.41) is 6.07. The van der Waals surface area contributed by atoms with Crippen molar-refractivity contribution in [3.63, 3.8) is 0 Å². The highest BCUT2D eigenvalue weighted by Gasteiger charge is 2.21. The van der Waals surface area contributed by atoms with E-state index in [-0.39, 0.29) is 5.69 Å². The summed E-state index contributed by atoms with van der Waals surface area (Å²) in [4.78, 5) is 40.7. The first-order chi connectivity index (χ1) is 13.5. The first kappa shape index (κ1) is 18.8. The molecule has 3 aromatic rings. The van der Waals surface area contributed by atoms with Crippen LogP contribution in [0.3, 0.4) is 0 Å². The summed E-state index contributed by atoms with van der Waals surface area (Å²) in [5.41, 5.74) is 3.52. The standard InChI is InChI=1S/C19H18N6O3/c1-13-16(19(28)25(24(13)2)15-8-4-3-5-9-15)22-17(26)18(27)23-21-12-14-7-6-10-20-11-14/h3-12H,1-2H3,(H,22,26)(H,23,27)/b21-12+. The molecule has 0 saturated heterocycles. The molecule has 0 aliphatic rings. The summed E-state index contributed by atoms with van der Waals surface area (Å²) in [6, 6.07) is 12.4. The molecule has 1 aromatic carbocycles. The molecule has 0 aliphatic carbocycles. The molecule has 9 heteroatoms. The second kappa shape index (κ2) is 8.12. The number of hydrazone groups is 1. The minimum absolute atomic E-state index is 0.0303. The Labute approximate surface area is 160 Å². The molecule has 28 heavy (non-hydrogen) atoms. The Morgan fingerprint density at radius 2 is 1.86 bits per heavy atom. The van der Waals surface area contributed by atoms with Gasteiger partial charge in [-0.05, 0) is 25.1 Å². The van der Waals surface area contributed by atoms with Crippen LogP contribution in [0, 0.1) is 6.92 Å². The molecule has 2 N–H and O–H groups in total. The summed E-state index contributed by atoms with van der Waals surface area (Å²) in [6.07, 6.45) is 4.51. The van der Waals surface area contributed by atoms with E-state index in [0.717, 1.165) is 0 Å². The second-order valence-electron chi connectivity index (χ2n) is 5.88. The van der Waals surface area contributed by atoms with Crippen LogP contribution in [0.15, 0.2) is 64.8 Å². The predicted molar refractivity (Wildman–Crippen MR) is 104 cm³/mol. The molecule has 2 aromatic heterocycles. The van der Waals surface area contributed by atoms with E-state index in [4.69, 9.17) is 0 Å². The fourth-order valence-corrected chi connectivity index (χ4v) is 2.55. The fraction of sp³-hybridized carbons (Fsp3) is 0.105. The average molecular weight is 378 g/mol. The molecule has 9 nitrogen and oxygen atoms in total. The number of nitrogens with one attached hydrogen (secondary N) is 2. The Hall–Kier alpha value is -4.01. The summed E-state index contributed by atoms with van der Waals surface area (Å²) < 4.78 is 3.01. The number of carbonyl (C=O) groups is 2. The number of amides is 2. The Kier molecular flexibility index (Phi) is 5.45. The first-order valence-corrected chi connectivity index (χ1v) is 8.37. The summed E-state index contributed by atoms with van der Waals surface area (Å²) >= 11 is 0. The van der Waals surface area contributed by atoms with E-state index >= 15 is 0 Å². The lowest BCUT2D eigenvalue weighted by Gasteiger charge is -2.07. The zero-order valence-electron chi connectivity index (χ0n) is 15.3. The highest BCUT2D eigenvalue weighted by atomic mass is 16.2. The van der Waals surface area contributed by atoms with Crippen molar-refractivity contribution in [3.05, 3.63) is 76.5 Å². The van der Waals surface area contributed by atoms with E-state index in [2.05, 4.69) is 20.8 Å². The van der Waals surface area contributed by atoms with E-state index in [1.54, 1.807) is 67.4 Å². The van der Waals surface area contributed by atoms with Gasteiger partial charge in [0.05, 0.1) is 17.6 Å². The van der Waals surface area contributed by atoms with Gasteiger partial charge >= 0.3 is 11.8 Å². The van der Waals surface area contributed by atoms with Gasteiger partial charge in [0.1, 0.15) is 5.69 Å². The molecule has 142 valence electrons. The number of para-hydroxylation sites is 1. The highest BCUT2D eigenvalue weighted by molar-refractivity contribution is 6.39. The molecule has 0 aliphatic heterocycles. The van der Waals surface area contributed by atoms with Crippen molar-refractivity contribution in [2.45, 2.75) is 6.92 Å². The topological polar surface area (TPSA) is 110 Å². The number of carbonyl (C=O) groups excluding carboxylic acids is 2. The van der Waals surface area contributed by atoms with Gasteiger partial charge in [-0.25, -0.2) is 10.1 Å². The number of rotatable bonds is 4. The molecule has 3 rings (SSSR count). The van der Waals surface area contributed by atoms with E-state index in [0.29, 0.717) is 16.9 Å². The molecule has 0 radical (unpaired) electrons. The van der Waals surface area contributed by atoms with Gasteiger partial charge in [0, 0.05) is 25.0 Å². The van der Waals surface area contributed by atoms with E-state index in [9.17, 15) is 14.4 Å². The van der Waals surface area contributed by atoms with Gasteiger partial charge in [-0.15, -0.1) is 0 Å². The third-order valence-corrected chi connectivity index (χ3v) is 4.06. The SMILES string of the molecule is Cc1c(NC(=O)C(=O)N/N=C/c2cccnc2)c(=O)n(-c2ccccc2)n1C. The molecular formula is C19H18N6O3. The smallest absolute Gasteiger partial charge is 0.311 e. The van der Waals surface area contributed by atoms with Gasteiger partial charge in [0.2, 0.25) is 0 Å². The van der Waals surface area contributed by atoms with Crippen molar-refractivity contribution in [1.29, 1.82) is 0 Å². The van der Waals surface area contributed by atoms with E-state index < -0.39 is 17.4 Å². The van der Waals surface area contributed by atoms with Crippen LogP contribution in [0.2, 0.25) is 0 Å². The van der Waals surface area contributed by atoms with Crippen LogP contribution in [0.1, 0.15) is 11.3 Å². The lowest BCUT2D eigenvalue weighted by atomic mass is 10.3. The molecular weight excluding hydrogens is 360 g/mol. The lowest BCUT2D eigenvalue weighted by Crippen LogP contribution is -2.34. The maximum absolute atomic E-state index is 12.7. The van der Waals surface area contributed by atoms with Crippen molar-refractivity contribution in [2.24, 2.45) is 12.1 Å². The highest BCUT2D eigenvalue weighted by Crippen LogP contribution is 2.13. The quantitative estimate of drug-likeness (QED) is 0.400. The summed E-state index contributed by atoms with van der Waals surface area (Å²) in [7, 11) is 1.69. The van der Waals surface area contributed by atoms with Crippen LogP contribution in [0.25, 0.3) is 5.69 Å². The summed E-state index contributed by atoms with van der Waals surface area (Å²) in [6.45, 7) is 1.68. The van der Waals surface area contributed by atoms with Gasteiger partial charge in [-0.3, -0.25) is 24.0 Å². The molecule has 0 atom stereocenters. The van der Waals surface area contributed by atoms with Gasteiger partial charge in [0.25, 0.3) is 5.56 Å². The molecule has 0 bridgehead atoms. The van der Waals surface area contributed by atoms with E-state index in [1.807, 2.05) is 6.07 Å². The Bertz CT molecular complexity index is 1080. The zero-order valence-corrected chi connectivity index (χ0v) is 15.3. The summed E-state index contributed by atoms with van der Waals surface area (Å²) in [5.74, 6) is -1.98. The van der Waals surface area contributed by atoms with Crippen LogP contribution in [0.4, 0.5) is 5.69 Å². The molecule has 0 fully saturated rings.